The lowest BCUT2D eigenvalue weighted by Crippen LogP contribution is -2.56. The highest BCUT2D eigenvalue weighted by Gasteiger charge is 2.32. The predicted octanol–water partition coefficient (Wildman–Crippen LogP) is 1.67. The molecule has 2 aromatic heterocycles. The minimum absolute atomic E-state index is 0.0663. The second-order valence-electron chi connectivity index (χ2n) is 8.14. The third-order valence-electron chi connectivity index (χ3n) is 5.82. The standard InChI is InChI=1S/C24H29N5O4/c1-16-6-8-29-15-18(27-22(29)10-16)13-26-23(30)12-20-24(31)25-7-9-28(20)14-17-4-5-19(32-2)11-21(17)33-3/h4-6,8,10-11,15,20H,7,9,12-14H2,1-3H3,(H,25,31)(H,26,30)/t20-/m0/s1. The first-order valence-corrected chi connectivity index (χ1v) is 10.9. The van der Waals surface area contributed by atoms with Crippen LogP contribution >= 0.6 is 0 Å². The number of imidazole rings is 1. The topological polar surface area (TPSA) is 97.2 Å². The van der Waals surface area contributed by atoms with E-state index in [2.05, 4.69) is 15.6 Å². The van der Waals surface area contributed by atoms with Crippen molar-refractivity contribution in [2.45, 2.75) is 32.5 Å². The van der Waals surface area contributed by atoms with Crippen molar-refractivity contribution in [1.29, 1.82) is 0 Å². The molecule has 3 heterocycles. The number of aromatic nitrogens is 2. The Labute approximate surface area is 192 Å². The summed E-state index contributed by atoms with van der Waals surface area (Å²) in [5.41, 5.74) is 3.66. The molecule has 0 bridgehead atoms. The number of carbonyl (C=O) groups excluding carboxylic acids is 2. The summed E-state index contributed by atoms with van der Waals surface area (Å²) >= 11 is 0. The fourth-order valence-electron chi connectivity index (χ4n) is 4.03. The normalized spacial score (nSPS) is 16.5. The number of methoxy groups -OCH3 is 2. The number of piperazine rings is 1. The Kier molecular flexibility index (Phi) is 6.79. The molecule has 33 heavy (non-hydrogen) atoms. The Morgan fingerprint density at radius 3 is 2.88 bits per heavy atom. The number of fused-ring (bicyclic) bond motifs is 1. The Balaban J connectivity index is 1.41. The Hall–Kier alpha value is -3.59. The summed E-state index contributed by atoms with van der Waals surface area (Å²) in [7, 11) is 3.21. The van der Waals surface area contributed by atoms with Crippen LogP contribution in [0.25, 0.3) is 5.65 Å². The van der Waals surface area contributed by atoms with E-state index < -0.39 is 6.04 Å². The second-order valence-corrected chi connectivity index (χ2v) is 8.14. The maximum absolute atomic E-state index is 12.7. The van der Waals surface area contributed by atoms with Crippen LogP contribution < -0.4 is 20.1 Å². The Morgan fingerprint density at radius 1 is 1.24 bits per heavy atom. The SMILES string of the molecule is COc1ccc(CN2CCNC(=O)[C@@H]2CC(=O)NCc2cn3ccc(C)cc3n2)c(OC)c1. The monoisotopic (exact) mass is 451 g/mol. The summed E-state index contributed by atoms with van der Waals surface area (Å²) in [4.78, 5) is 31.9. The maximum atomic E-state index is 12.7. The predicted molar refractivity (Wildman–Crippen MR) is 123 cm³/mol. The van der Waals surface area contributed by atoms with Crippen LogP contribution in [0.1, 0.15) is 23.2 Å². The van der Waals surface area contributed by atoms with Crippen LogP contribution in [0.4, 0.5) is 0 Å². The van der Waals surface area contributed by atoms with Crippen molar-refractivity contribution in [2.75, 3.05) is 27.3 Å². The number of hydrogen-bond donors (Lipinski definition) is 2. The molecule has 0 aliphatic carbocycles. The highest BCUT2D eigenvalue weighted by Crippen LogP contribution is 2.27. The number of amides is 2. The van der Waals surface area contributed by atoms with Crippen molar-refractivity contribution in [1.82, 2.24) is 24.9 Å². The van der Waals surface area contributed by atoms with Gasteiger partial charge in [-0.2, -0.15) is 0 Å². The number of ether oxygens (including phenoxy) is 2. The van der Waals surface area contributed by atoms with Gasteiger partial charge >= 0.3 is 0 Å². The second kappa shape index (κ2) is 9.91. The van der Waals surface area contributed by atoms with Gasteiger partial charge in [-0.1, -0.05) is 6.07 Å². The number of hydrogen-bond acceptors (Lipinski definition) is 6. The van der Waals surface area contributed by atoms with Gasteiger partial charge in [-0.05, 0) is 30.7 Å². The molecule has 2 amide bonds. The van der Waals surface area contributed by atoms with Gasteiger partial charge in [0.15, 0.2) is 0 Å². The number of nitrogens with one attached hydrogen (secondary N) is 2. The number of nitrogens with zero attached hydrogens (tertiary/aromatic N) is 3. The summed E-state index contributed by atoms with van der Waals surface area (Å²) in [6.45, 7) is 3.99. The molecule has 4 rings (SSSR count). The fourth-order valence-corrected chi connectivity index (χ4v) is 4.03. The fraction of sp³-hybridized carbons (Fsp3) is 0.375. The quantitative estimate of drug-likeness (QED) is 0.541. The number of rotatable bonds is 8. The lowest BCUT2D eigenvalue weighted by molar-refractivity contribution is -0.134. The van der Waals surface area contributed by atoms with Gasteiger partial charge in [0.2, 0.25) is 11.8 Å². The highest BCUT2D eigenvalue weighted by molar-refractivity contribution is 5.88. The van der Waals surface area contributed by atoms with E-state index >= 15 is 0 Å². The molecule has 1 aliphatic heterocycles. The summed E-state index contributed by atoms with van der Waals surface area (Å²) < 4.78 is 12.7. The van der Waals surface area contributed by atoms with Gasteiger partial charge in [-0.3, -0.25) is 14.5 Å². The highest BCUT2D eigenvalue weighted by atomic mass is 16.5. The number of pyridine rings is 1. The molecule has 0 saturated carbocycles. The van der Waals surface area contributed by atoms with Crippen LogP contribution in [0.15, 0.2) is 42.7 Å². The number of benzene rings is 1. The smallest absolute Gasteiger partial charge is 0.237 e. The molecule has 0 spiro atoms. The van der Waals surface area contributed by atoms with Crippen molar-refractivity contribution in [3.63, 3.8) is 0 Å². The number of carbonyl (C=O) groups is 2. The van der Waals surface area contributed by atoms with E-state index in [-0.39, 0.29) is 18.2 Å². The van der Waals surface area contributed by atoms with E-state index in [1.807, 2.05) is 58.9 Å². The molecule has 174 valence electrons. The van der Waals surface area contributed by atoms with Crippen LogP contribution in [-0.4, -0.2) is 59.4 Å². The molecule has 1 atom stereocenters. The molecular weight excluding hydrogens is 422 g/mol. The molecule has 1 aliphatic rings. The maximum Gasteiger partial charge on any atom is 0.237 e. The minimum atomic E-state index is -0.561. The molecule has 0 unspecified atom stereocenters. The average Bonchev–Trinajstić information content (AvgIpc) is 3.22. The van der Waals surface area contributed by atoms with E-state index in [0.29, 0.717) is 37.7 Å². The zero-order valence-corrected chi connectivity index (χ0v) is 19.1. The van der Waals surface area contributed by atoms with Crippen molar-refractivity contribution in [2.24, 2.45) is 0 Å². The molecule has 2 N–H and O–H groups in total. The minimum Gasteiger partial charge on any atom is -0.497 e. The molecule has 9 nitrogen and oxygen atoms in total. The molecular formula is C24H29N5O4. The van der Waals surface area contributed by atoms with E-state index in [1.54, 1.807) is 14.2 Å². The van der Waals surface area contributed by atoms with Crippen molar-refractivity contribution in [3.8, 4) is 11.5 Å². The van der Waals surface area contributed by atoms with Crippen LogP contribution in [0.2, 0.25) is 0 Å². The van der Waals surface area contributed by atoms with Gasteiger partial charge in [0.25, 0.3) is 0 Å². The van der Waals surface area contributed by atoms with Crippen LogP contribution in [0, 0.1) is 6.92 Å². The van der Waals surface area contributed by atoms with Crippen molar-refractivity contribution in [3.05, 3.63) is 59.5 Å². The van der Waals surface area contributed by atoms with E-state index in [1.165, 1.54) is 0 Å². The average molecular weight is 452 g/mol. The van der Waals surface area contributed by atoms with E-state index in [0.717, 1.165) is 22.5 Å². The van der Waals surface area contributed by atoms with Gasteiger partial charge in [0.05, 0.1) is 38.9 Å². The summed E-state index contributed by atoms with van der Waals surface area (Å²) in [5.74, 6) is 1.04. The molecule has 1 fully saturated rings. The third kappa shape index (κ3) is 5.25. The zero-order valence-electron chi connectivity index (χ0n) is 19.1. The molecule has 9 heteroatoms. The Morgan fingerprint density at radius 2 is 2.09 bits per heavy atom. The van der Waals surface area contributed by atoms with Gasteiger partial charge in [-0.15, -0.1) is 0 Å². The number of aryl methyl sites for hydroxylation is 1. The van der Waals surface area contributed by atoms with Gasteiger partial charge in [0.1, 0.15) is 17.1 Å². The third-order valence-corrected chi connectivity index (χ3v) is 5.82. The summed E-state index contributed by atoms with van der Waals surface area (Å²) in [5, 5.41) is 5.77. The van der Waals surface area contributed by atoms with Crippen molar-refractivity contribution < 1.29 is 19.1 Å². The lowest BCUT2D eigenvalue weighted by Gasteiger charge is -2.35. The largest absolute Gasteiger partial charge is 0.497 e. The molecule has 1 aromatic carbocycles. The van der Waals surface area contributed by atoms with Crippen LogP contribution in [0.3, 0.4) is 0 Å². The van der Waals surface area contributed by atoms with Crippen LogP contribution in [-0.2, 0) is 22.7 Å². The van der Waals surface area contributed by atoms with E-state index in [9.17, 15) is 9.59 Å². The molecule has 1 saturated heterocycles. The van der Waals surface area contributed by atoms with Crippen LogP contribution in [0.5, 0.6) is 11.5 Å². The summed E-state index contributed by atoms with van der Waals surface area (Å²) in [6.07, 6.45) is 3.90. The Bertz CT molecular complexity index is 1160. The lowest BCUT2D eigenvalue weighted by atomic mass is 10.1. The first kappa shape index (κ1) is 22.6. The zero-order chi connectivity index (χ0) is 23.4. The van der Waals surface area contributed by atoms with E-state index in [4.69, 9.17) is 9.47 Å². The summed E-state index contributed by atoms with van der Waals surface area (Å²) in [6, 6.07) is 9.03. The van der Waals surface area contributed by atoms with Gasteiger partial charge < -0.3 is 24.5 Å². The molecule has 3 aromatic rings. The van der Waals surface area contributed by atoms with Crippen molar-refractivity contribution >= 4 is 17.5 Å². The van der Waals surface area contributed by atoms with Gasteiger partial charge in [-0.25, -0.2) is 4.98 Å². The van der Waals surface area contributed by atoms with Gasteiger partial charge in [0, 0.05) is 43.7 Å². The molecule has 0 radical (unpaired) electrons. The first-order chi connectivity index (χ1) is 16.0. The first-order valence-electron chi connectivity index (χ1n) is 10.9.